The fraction of sp³-hybridized carbons (Fsp3) is 0.571. The van der Waals surface area contributed by atoms with Crippen molar-refractivity contribution in [1.82, 2.24) is 10.3 Å². The van der Waals surface area contributed by atoms with Crippen LogP contribution >= 0.6 is 0 Å². The molecule has 1 saturated carbocycles. The van der Waals surface area contributed by atoms with Gasteiger partial charge in [0.25, 0.3) is 5.91 Å². The van der Waals surface area contributed by atoms with Crippen LogP contribution < -0.4 is 5.32 Å². The molecule has 1 aliphatic rings. The van der Waals surface area contributed by atoms with Crippen LogP contribution in [0.25, 0.3) is 0 Å². The number of nitrogens with one attached hydrogen (secondary N) is 1. The van der Waals surface area contributed by atoms with E-state index in [9.17, 15) is 9.90 Å². The van der Waals surface area contributed by atoms with Crippen molar-refractivity contribution in [1.29, 1.82) is 0 Å². The first-order valence-electron chi connectivity index (χ1n) is 6.52. The molecule has 1 amide bonds. The third-order valence-electron chi connectivity index (χ3n) is 3.51. The highest BCUT2D eigenvalue weighted by atomic mass is 16.3. The summed E-state index contributed by atoms with van der Waals surface area (Å²) >= 11 is 0. The number of carbonyl (C=O) groups excluding carboxylic acids is 1. The lowest BCUT2D eigenvalue weighted by Gasteiger charge is -2.28. The minimum atomic E-state index is -0.0604. The Kier molecular flexibility index (Phi) is 4.31. The summed E-state index contributed by atoms with van der Waals surface area (Å²) in [6.45, 7) is 2.14. The van der Waals surface area contributed by atoms with Crippen molar-refractivity contribution in [2.45, 2.75) is 38.6 Å². The molecule has 2 rings (SSSR count). The molecule has 1 aromatic rings. The van der Waals surface area contributed by atoms with Gasteiger partial charge in [-0.3, -0.25) is 9.78 Å². The van der Waals surface area contributed by atoms with Gasteiger partial charge < -0.3 is 10.4 Å². The molecule has 0 aliphatic heterocycles. The molecule has 0 spiro atoms. The summed E-state index contributed by atoms with van der Waals surface area (Å²) < 4.78 is 0. The van der Waals surface area contributed by atoms with E-state index in [1.807, 2.05) is 13.0 Å². The summed E-state index contributed by atoms with van der Waals surface area (Å²) in [5.41, 5.74) is 1.60. The molecule has 98 valence electrons. The van der Waals surface area contributed by atoms with Crippen LogP contribution in [0, 0.1) is 12.8 Å². The average molecular weight is 248 g/mol. The van der Waals surface area contributed by atoms with Gasteiger partial charge in [-0.2, -0.15) is 0 Å². The van der Waals surface area contributed by atoms with Crippen molar-refractivity contribution in [3.8, 4) is 0 Å². The molecule has 1 aromatic heterocycles. The monoisotopic (exact) mass is 248 g/mol. The molecular formula is C14H20N2O2. The highest BCUT2D eigenvalue weighted by molar-refractivity contribution is 5.94. The quantitative estimate of drug-likeness (QED) is 0.855. The molecule has 4 nitrogen and oxygen atoms in total. The lowest BCUT2D eigenvalue weighted by molar-refractivity contribution is 0.0905. The Balaban J connectivity index is 1.95. The van der Waals surface area contributed by atoms with Crippen LogP contribution in [-0.4, -0.2) is 28.6 Å². The highest BCUT2D eigenvalue weighted by Crippen LogP contribution is 2.23. The van der Waals surface area contributed by atoms with Gasteiger partial charge in [0.1, 0.15) is 0 Å². The van der Waals surface area contributed by atoms with E-state index in [0.29, 0.717) is 11.5 Å². The first-order valence-corrected chi connectivity index (χ1v) is 6.52. The third-order valence-corrected chi connectivity index (χ3v) is 3.51. The predicted molar refractivity (Wildman–Crippen MR) is 69.3 cm³/mol. The largest absolute Gasteiger partial charge is 0.396 e. The minimum absolute atomic E-state index is 0.0604. The van der Waals surface area contributed by atoms with Crippen molar-refractivity contribution in [2.75, 3.05) is 6.61 Å². The number of pyridine rings is 1. The van der Waals surface area contributed by atoms with Gasteiger partial charge in [0.05, 0.1) is 5.56 Å². The van der Waals surface area contributed by atoms with E-state index in [-0.39, 0.29) is 18.6 Å². The Labute approximate surface area is 107 Å². The molecule has 0 aromatic carbocycles. The second kappa shape index (κ2) is 5.96. The number of aromatic nitrogens is 1. The summed E-state index contributed by atoms with van der Waals surface area (Å²) in [7, 11) is 0. The summed E-state index contributed by atoms with van der Waals surface area (Å²) in [5.74, 6) is 0.273. The molecule has 1 heterocycles. The van der Waals surface area contributed by atoms with Crippen LogP contribution in [-0.2, 0) is 0 Å². The van der Waals surface area contributed by atoms with Gasteiger partial charge in [-0.05, 0) is 43.7 Å². The molecule has 2 N–H and O–H groups in total. The van der Waals surface area contributed by atoms with E-state index in [4.69, 9.17) is 0 Å². The summed E-state index contributed by atoms with van der Waals surface area (Å²) in [6.07, 6.45) is 7.34. The maximum absolute atomic E-state index is 12.0. The molecule has 4 heteroatoms. The van der Waals surface area contributed by atoms with Gasteiger partial charge in [-0.25, -0.2) is 0 Å². The van der Waals surface area contributed by atoms with Crippen LogP contribution in [0.15, 0.2) is 18.5 Å². The zero-order valence-electron chi connectivity index (χ0n) is 10.7. The van der Waals surface area contributed by atoms with Crippen molar-refractivity contribution in [3.05, 3.63) is 29.6 Å². The van der Waals surface area contributed by atoms with Gasteiger partial charge in [-0.15, -0.1) is 0 Å². The van der Waals surface area contributed by atoms with Crippen LogP contribution in [0.2, 0.25) is 0 Å². The standard InChI is InChI=1S/C14H20N2O2/c1-10-5-12(8-15-7-10)14(18)16-13-4-2-3-11(6-13)9-17/h5,7-8,11,13,17H,2-4,6,9H2,1H3,(H,16,18). The normalized spacial score (nSPS) is 23.7. The van der Waals surface area contributed by atoms with Crippen LogP contribution in [0.4, 0.5) is 0 Å². The molecule has 2 atom stereocenters. The Hall–Kier alpha value is -1.42. The van der Waals surface area contributed by atoms with Crippen LogP contribution in [0.3, 0.4) is 0 Å². The number of amides is 1. The number of rotatable bonds is 3. The summed E-state index contributed by atoms with van der Waals surface area (Å²) in [5, 5.41) is 12.2. The second-order valence-electron chi connectivity index (χ2n) is 5.14. The fourth-order valence-corrected chi connectivity index (χ4v) is 2.54. The van der Waals surface area contributed by atoms with Gasteiger partial charge in [-0.1, -0.05) is 6.42 Å². The number of hydrogen-bond donors (Lipinski definition) is 2. The Morgan fingerprint density at radius 3 is 3.06 bits per heavy atom. The molecular weight excluding hydrogens is 228 g/mol. The summed E-state index contributed by atoms with van der Waals surface area (Å²) in [6, 6.07) is 2.03. The second-order valence-corrected chi connectivity index (χ2v) is 5.14. The topological polar surface area (TPSA) is 62.2 Å². The van der Waals surface area contributed by atoms with E-state index >= 15 is 0 Å². The molecule has 0 bridgehead atoms. The fourth-order valence-electron chi connectivity index (χ4n) is 2.54. The van der Waals surface area contributed by atoms with Crippen LogP contribution in [0.5, 0.6) is 0 Å². The Bertz CT molecular complexity index is 420. The maximum Gasteiger partial charge on any atom is 0.253 e. The average Bonchev–Trinajstić information content (AvgIpc) is 2.39. The SMILES string of the molecule is Cc1cncc(C(=O)NC2CCCC(CO)C2)c1. The molecule has 1 aliphatic carbocycles. The molecule has 1 fully saturated rings. The third kappa shape index (κ3) is 3.29. The molecule has 0 saturated heterocycles. The van der Waals surface area contributed by atoms with E-state index < -0.39 is 0 Å². The van der Waals surface area contributed by atoms with Crippen molar-refractivity contribution >= 4 is 5.91 Å². The van der Waals surface area contributed by atoms with Crippen molar-refractivity contribution in [3.63, 3.8) is 0 Å². The van der Waals surface area contributed by atoms with E-state index in [0.717, 1.165) is 31.2 Å². The molecule has 0 radical (unpaired) electrons. The lowest BCUT2D eigenvalue weighted by atomic mass is 9.86. The number of aryl methyl sites for hydroxylation is 1. The van der Waals surface area contributed by atoms with E-state index in [1.165, 1.54) is 0 Å². The predicted octanol–water partition coefficient (Wildman–Crippen LogP) is 1.67. The number of hydrogen-bond acceptors (Lipinski definition) is 3. The smallest absolute Gasteiger partial charge is 0.253 e. The first kappa shape index (κ1) is 13.0. The lowest BCUT2D eigenvalue weighted by Crippen LogP contribution is -2.39. The van der Waals surface area contributed by atoms with Crippen molar-refractivity contribution in [2.24, 2.45) is 5.92 Å². The molecule has 18 heavy (non-hydrogen) atoms. The van der Waals surface area contributed by atoms with Crippen LogP contribution in [0.1, 0.15) is 41.6 Å². The van der Waals surface area contributed by atoms with E-state index in [1.54, 1.807) is 12.4 Å². The number of aliphatic hydroxyl groups excluding tert-OH is 1. The zero-order chi connectivity index (χ0) is 13.0. The number of aliphatic hydroxyl groups is 1. The van der Waals surface area contributed by atoms with E-state index in [2.05, 4.69) is 10.3 Å². The minimum Gasteiger partial charge on any atom is -0.396 e. The number of carbonyl (C=O) groups is 1. The van der Waals surface area contributed by atoms with Gasteiger partial charge in [0, 0.05) is 25.0 Å². The highest BCUT2D eigenvalue weighted by Gasteiger charge is 2.23. The zero-order valence-corrected chi connectivity index (χ0v) is 10.7. The van der Waals surface area contributed by atoms with Gasteiger partial charge in [0.15, 0.2) is 0 Å². The Morgan fingerprint density at radius 1 is 1.50 bits per heavy atom. The van der Waals surface area contributed by atoms with Gasteiger partial charge in [0.2, 0.25) is 0 Å². The Morgan fingerprint density at radius 2 is 2.33 bits per heavy atom. The number of nitrogens with zero attached hydrogens (tertiary/aromatic N) is 1. The first-order chi connectivity index (χ1) is 8.69. The van der Waals surface area contributed by atoms with Gasteiger partial charge >= 0.3 is 0 Å². The summed E-state index contributed by atoms with van der Waals surface area (Å²) in [4.78, 5) is 16.1. The molecule has 2 unspecified atom stereocenters. The maximum atomic E-state index is 12.0. The van der Waals surface area contributed by atoms with Crippen molar-refractivity contribution < 1.29 is 9.90 Å².